The highest BCUT2D eigenvalue weighted by molar-refractivity contribution is 7.19. The highest BCUT2D eigenvalue weighted by Crippen LogP contribution is 2.39. The molecule has 1 aliphatic heterocycles. The van der Waals surface area contributed by atoms with Crippen LogP contribution in [-0.2, 0) is 0 Å². The lowest BCUT2D eigenvalue weighted by Gasteiger charge is -2.15. The number of carbonyl (C=O) groups excluding carboxylic acids is 1. The van der Waals surface area contributed by atoms with E-state index in [0.717, 1.165) is 24.5 Å². The Bertz CT molecular complexity index is 517. The van der Waals surface area contributed by atoms with Gasteiger partial charge in [0, 0.05) is 20.1 Å². The van der Waals surface area contributed by atoms with Crippen molar-refractivity contribution < 1.29 is 4.79 Å². The maximum Gasteiger partial charge on any atom is 0.263 e. The molecule has 0 radical (unpaired) electrons. The number of nitriles is 1. The third-order valence-corrected chi connectivity index (χ3v) is 4.45. The van der Waals surface area contributed by atoms with Crippen molar-refractivity contribution in [2.45, 2.75) is 13.3 Å². The maximum atomic E-state index is 11.7. The zero-order valence-electron chi connectivity index (χ0n) is 10.5. The average molecular weight is 264 g/mol. The van der Waals surface area contributed by atoms with Crippen LogP contribution in [0, 0.1) is 17.2 Å². The van der Waals surface area contributed by atoms with E-state index < -0.39 is 0 Å². The van der Waals surface area contributed by atoms with Crippen LogP contribution in [0.2, 0.25) is 0 Å². The zero-order chi connectivity index (χ0) is 13.3. The Hall–Kier alpha value is -1.74. The van der Waals surface area contributed by atoms with Gasteiger partial charge in [-0.05, 0) is 12.3 Å². The van der Waals surface area contributed by atoms with Crippen molar-refractivity contribution in [1.82, 2.24) is 5.32 Å². The van der Waals surface area contributed by atoms with Crippen LogP contribution in [0.5, 0.6) is 0 Å². The van der Waals surface area contributed by atoms with Crippen molar-refractivity contribution in [3.63, 3.8) is 0 Å². The topological polar surface area (TPSA) is 82.2 Å². The van der Waals surface area contributed by atoms with Gasteiger partial charge in [-0.15, -0.1) is 11.3 Å². The summed E-state index contributed by atoms with van der Waals surface area (Å²) < 4.78 is 0. The number of carbonyl (C=O) groups is 1. The molecule has 3 N–H and O–H groups in total. The lowest BCUT2D eigenvalue weighted by molar-refractivity contribution is 0.0968. The second-order valence-electron chi connectivity index (χ2n) is 4.56. The normalized spacial score (nSPS) is 18.7. The first-order chi connectivity index (χ1) is 8.58. The van der Waals surface area contributed by atoms with Crippen molar-refractivity contribution in [2.75, 3.05) is 30.8 Å². The van der Waals surface area contributed by atoms with Crippen LogP contribution in [0.3, 0.4) is 0 Å². The van der Waals surface area contributed by atoms with Crippen molar-refractivity contribution in [3.8, 4) is 6.07 Å². The van der Waals surface area contributed by atoms with Crippen molar-refractivity contribution >= 4 is 27.9 Å². The number of hydrogen-bond donors (Lipinski definition) is 2. The van der Waals surface area contributed by atoms with Crippen LogP contribution in [-0.4, -0.2) is 26.0 Å². The summed E-state index contributed by atoms with van der Waals surface area (Å²) in [5, 5.41) is 12.6. The number of amides is 1. The number of nitrogen functional groups attached to an aromatic ring is 1. The Kier molecular flexibility index (Phi) is 3.43. The Labute approximate surface area is 110 Å². The average Bonchev–Trinajstić information content (AvgIpc) is 2.92. The Morgan fingerprint density at radius 3 is 2.89 bits per heavy atom. The van der Waals surface area contributed by atoms with E-state index in [9.17, 15) is 10.1 Å². The van der Waals surface area contributed by atoms with Crippen LogP contribution in [0.15, 0.2) is 0 Å². The molecule has 1 aliphatic rings. The summed E-state index contributed by atoms with van der Waals surface area (Å²) in [5.41, 5.74) is 6.63. The largest absolute Gasteiger partial charge is 0.396 e. The van der Waals surface area contributed by atoms with Gasteiger partial charge in [0.15, 0.2) is 0 Å². The molecule has 0 saturated carbocycles. The smallest absolute Gasteiger partial charge is 0.263 e. The molecule has 96 valence electrons. The minimum absolute atomic E-state index is 0.229. The van der Waals surface area contributed by atoms with Gasteiger partial charge < -0.3 is 16.0 Å². The molecule has 1 aromatic rings. The molecule has 1 saturated heterocycles. The number of nitrogens with two attached hydrogens (primary N) is 1. The van der Waals surface area contributed by atoms with Crippen LogP contribution in [0.25, 0.3) is 0 Å². The van der Waals surface area contributed by atoms with Crippen molar-refractivity contribution in [1.29, 1.82) is 5.26 Å². The summed E-state index contributed by atoms with van der Waals surface area (Å²) >= 11 is 1.31. The molecule has 0 aliphatic carbocycles. The standard InChI is InChI=1S/C12H16N4OS/c1-7-3-4-16(6-7)12-8(5-13)9(14)10(18-12)11(17)15-2/h7H,3-4,6,14H2,1-2H3,(H,15,17). The third-order valence-electron chi connectivity index (χ3n) is 3.18. The summed E-state index contributed by atoms with van der Waals surface area (Å²) in [5.74, 6) is 0.385. The fraction of sp³-hybridized carbons (Fsp3) is 0.500. The highest BCUT2D eigenvalue weighted by atomic mass is 32.1. The number of rotatable bonds is 2. The Balaban J connectivity index is 2.42. The van der Waals surface area contributed by atoms with Crippen LogP contribution in [0.1, 0.15) is 28.6 Å². The van der Waals surface area contributed by atoms with Gasteiger partial charge in [-0.25, -0.2) is 0 Å². The van der Waals surface area contributed by atoms with Crippen molar-refractivity contribution in [2.24, 2.45) is 5.92 Å². The second-order valence-corrected chi connectivity index (χ2v) is 5.55. The monoisotopic (exact) mass is 264 g/mol. The van der Waals surface area contributed by atoms with Gasteiger partial charge in [0.05, 0.1) is 5.69 Å². The van der Waals surface area contributed by atoms with E-state index in [1.807, 2.05) is 0 Å². The molecule has 1 atom stereocenters. The van der Waals surface area contributed by atoms with Gasteiger partial charge in [-0.2, -0.15) is 5.26 Å². The quantitative estimate of drug-likeness (QED) is 0.846. The number of thiophene rings is 1. The molecule has 5 nitrogen and oxygen atoms in total. The summed E-state index contributed by atoms with van der Waals surface area (Å²) in [4.78, 5) is 14.3. The van der Waals surface area contributed by atoms with E-state index in [1.165, 1.54) is 11.3 Å². The molecule has 2 heterocycles. The Morgan fingerprint density at radius 2 is 2.39 bits per heavy atom. The van der Waals surface area contributed by atoms with Gasteiger partial charge in [0.2, 0.25) is 0 Å². The highest BCUT2D eigenvalue weighted by Gasteiger charge is 2.27. The first-order valence-electron chi connectivity index (χ1n) is 5.87. The van der Waals surface area contributed by atoms with E-state index in [4.69, 9.17) is 5.73 Å². The second kappa shape index (κ2) is 4.86. The van der Waals surface area contributed by atoms with E-state index in [-0.39, 0.29) is 5.91 Å². The lowest BCUT2D eigenvalue weighted by atomic mass is 10.2. The predicted molar refractivity (Wildman–Crippen MR) is 72.8 cm³/mol. The molecule has 6 heteroatoms. The Morgan fingerprint density at radius 1 is 1.67 bits per heavy atom. The third kappa shape index (κ3) is 2.02. The minimum Gasteiger partial charge on any atom is -0.396 e. The van der Waals surface area contributed by atoms with Crippen LogP contribution in [0.4, 0.5) is 10.7 Å². The van der Waals surface area contributed by atoms with Gasteiger partial charge in [-0.1, -0.05) is 6.92 Å². The summed E-state index contributed by atoms with van der Waals surface area (Å²) in [6.45, 7) is 4.02. The molecule has 1 fully saturated rings. The lowest BCUT2D eigenvalue weighted by Crippen LogP contribution is -2.18. The SMILES string of the molecule is CNC(=O)c1sc(N2CCC(C)C2)c(C#N)c1N. The molecule has 2 rings (SSSR count). The molecule has 1 amide bonds. The van der Waals surface area contributed by atoms with Gasteiger partial charge in [-0.3, -0.25) is 4.79 Å². The van der Waals surface area contributed by atoms with Crippen LogP contribution < -0.4 is 16.0 Å². The molecule has 0 aromatic carbocycles. The van der Waals surface area contributed by atoms with E-state index in [1.54, 1.807) is 7.05 Å². The number of anilines is 2. The molecule has 0 spiro atoms. The fourth-order valence-corrected chi connectivity index (χ4v) is 3.32. The van der Waals surface area contributed by atoms with Crippen LogP contribution >= 0.6 is 11.3 Å². The molecule has 18 heavy (non-hydrogen) atoms. The van der Waals surface area contributed by atoms with E-state index in [0.29, 0.717) is 22.0 Å². The molecule has 1 aromatic heterocycles. The van der Waals surface area contributed by atoms with Gasteiger partial charge in [0.25, 0.3) is 5.91 Å². The number of nitrogens with zero attached hydrogens (tertiary/aromatic N) is 2. The van der Waals surface area contributed by atoms with Gasteiger partial charge in [0.1, 0.15) is 21.5 Å². The molecular weight excluding hydrogens is 248 g/mol. The molecule has 0 bridgehead atoms. The van der Waals surface area contributed by atoms with Crippen molar-refractivity contribution in [3.05, 3.63) is 10.4 Å². The molecular formula is C12H16N4OS. The number of nitrogens with one attached hydrogen (secondary N) is 1. The predicted octanol–water partition coefficient (Wildman–Crippen LogP) is 1.41. The van der Waals surface area contributed by atoms with E-state index >= 15 is 0 Å². The molecule has 1 unspecified atom stereocenters. The minimum atomic E-state index is -0.229. The summed E-state index contributed by atoms with van der Waals surface area (Å²) in [6, 6.07) is 2.12. The first-order valence-corrected chi connectivity index (χ1v) is 6.69. The number of hydrogen-bond acceptors (Lipinski definition) is 5. The maximum absolute atomic E-state index is 11.7. The fourth-order valence-electron chi connectivity index (χ4n) is 2.16. The zero-order valence-corrected chi connectivity index (χ0v) is 11.3. The van der Waals surface area contributed by atoms with Gasteiger partial charge >= 0.3 is 0 Å². The first kappa shape index (κ1) is 12.7. The summed E-state index contributed by atoms with van der Waals surface area (Å²) in [7, 11) is 1.56. The van der Waals surface area contributed by atoms with E-state index in [2.05, 4.69) is 23.2 Å². The summed E-state index contributed by atoms with van der Waals surface area (Å²) in [6.07, 6.45) is 1.11.